The number of hydrogen-bond donors (Lipinski definition) is 1. The average molecular weight is 481 g/mol. The van der Waals surface area contributed by atoms with Crippen LogP contribution in [-0.4, -0.2) is 42.8 Å². The second-order valence-electron chi connectivity index (χ2n) is 8.65. The summed E-state index contributed by atoms with van der Waals surface area (Å²) < 4.78 is 19.8. The number of nitrogens with one attached hydrogen (secondary N) is 1. The van der Waals surface area contributed by atoms with Crippen molar-refractivity contribution in [1.29, 1.82) is 0 Å². The van der Waals surface area contributed by atoms with Crippen LogP contribution >= 0.6 is 11.6 Å². The van der Waals surface area contributed by atoms with Crippen LogP contribution in [0.1, 0.15) is 35.6 Å². The summed E-state index contributed by atoms with van der Waals surface area (Å²) in [6.07, 6.45) is 2.10. The number of rotatable bonds is 9. The quantitative estimate of drug-likeness (QED) is 0.361. The third kappa shape index (κ3) is 6.33. The monoisotopic (exact) mass is 480 g/mol. The number of piperidine rings is 1. The molecule has 0 aliphatic carbocycles. The van der Waals surface area contributed by atoms with Crippen molar-refractivity contribution in [3.8, 4) is 5.88 Å². The third-order valence-electron chi connectivity index (χ3n) is 6.21. The van der Waals surface area contributed by atoms with Crippen molar-refractivity contribution < 1.29 is 9.13 Å². The van der Waals surface area contributed by atoms with Gasteiger partial charge < -0.3 is 15.0 Å². The predicted molar refractivity (Wildman–Crippen MR) is 137 cm³/mol. The highest BCUT2D eigenvalue weighted by molar-refractivity contribution is 6.30. The molecule has 7 heteroatoms. The van der Waals surface area contributed by atoms with E-state index in [-0.39, 0.29) is 12.4 Å². The number of hydrogen-bond acceptors (Lipinski definition) is 5. The number of ether oxygens (including phenoxy) is 1. The van der Waals surface area contributed by atoms with Crippen LogP contribution in [0.4, 0.5) is 15.8 Å². The fourth-order valence-electron chi connectivity index (χ4n) is 4.25. The van der Waals surface area contributed by atoms with E-state index in [1.54, 1.807) is 12.1 Å². The van der Waals surface area contributed by atoms with Gasteiger partial charge in [0, 0.05) is 41.4 Å². The first kappa shape index (κ1) is 24.2. The zero-order chi connectivity index (χ0) is 23.9. The Balaban J connectivity index is 1.25. The Kier molecular flexibility index (Phi) is 8.14. The molecule has 1 N–H and O–H groups in total. The molecule has 0 atom stereocenters. The minimum atomic E-state index is -0.370. The van der Waals surface area contributed by atoms with Gasteiger partial charge in [-0.25, -0.2) is 9.37 Å². The molecule has 0 saturated carbocycles. The number of likely N-dealkylation sites (tertiary alicyclic amines) is 1. The molecular weight excluding hydrogens is 451 g/mol. The van der Waals surface area contributed by atoms with Gasteiger partial charge in [-0.15, -0.1) is 0 Å². The molecule has 1 aromatic heterocycles. The first-order valence-corrected chi connectivity index (χ1v) is 12.0. The predicted octanol–water partition coefficient (Wildman–Crippen LogP) is 6.39. The van der Waals surface area contributed by atoms with E-state index in [9.17, 15) is 4.39 Å². The van der Waals surface area contributed by atoms with E-state index in [2.05, 4.69) is 47.0 Å². The molecule has 2 aromatic carbocycles. The van der Waals surface area contributed by atoms with Gasteiger partial charge in [-0.1, -0.05) is 29.8 Å². The molecule has 5 nitrogen and oxygen atoms in total. The van der Waals surface area contributed by atoms with Gasteiger partial charge in [-0.05, 0) is 75.5 Å². The van der Waals surface area contributed by atoms with Crippen LogP contribution in [-0.2, 0) is 6.61 Å². The number of anilines is 1. The van der Waals surface area contributed by atoms with E-state index in [1.165, 1.54) is 11.6 Å². The Morgan fingerprint density at radius 3 is 2.76 bits per heavy atom. The third-order valence-corrected chi connectivity index (χ3v) is 6.44. The van der Waals surface area contributed by atoms with E-state index < -0.39 is 0 Å². The van der Waals surface area contributed by atoms with Crippen LogP contribution in [0.2, 0.25) is 5.02 Å². The number of aromatic nitrogens is 1. The van der Waals surface area contributed by atoms with Gasteiger partial charge >= 0.3 is 0 Å². The smallest absolute Gasteiger partial charge is 0.213 e. The van der Waals surface area contributed by atoms with Crippen LogP contribution in [0.25, 0.3) is 0 Å². The molecule has 0 spiro atoms. The van der Waals surface area contributed by atoms with Crippen LogP contribution < -0.4 is 10.1 Å². The van der Waals surface area contributed by atoms with E-state index in [1.807, 2.05) is 18.2 Å². The Labute approximate surface area is 205 Å². The Hall–Kier alpha value is -2.96. The lowest BCUT2D eigenvalue weighted by molar-refractivity contribution is 0.217. The van der Waals surface area contributed by atoms with Crippen LogP contribution in [0.15, 0.2) is 59.6 Å². The van der Waals surface area contributed by atoms with Crippen molar-refractivity contribution >= 4 is 29.7 Å². The molecule has 1 aliphatic heterocycles. The summed E-state index contributed by atoms with van der Waals surface area (Å²) in [4.78, 5) is 11.3. The zero-order valence-electron chi connectivity index (χ0n) is 19.4. The van der Waals surface area contributed by atoms with Crippen molar-refractivity contribution in [3.63, 3.8) is 0 Å². The SMILES string of the molecule is C=Nc1cc(C)ccc1NCCN1CCC(c2cccc(OCc3ccc(Cl)cc3F)n2)CC1. The van der Waals surface area contributed by atoms with Gasteiger partial charge in [0.1, 0.15) is 12.4 Å². The highest BCUT2D eigenvalue weighted by Gasteiger charge is 2.21. The van der Waals surface area contributed by atoms with Crippen molar-refractivity contribution in [1.82, 2.24) is 9.88 Å². The minimum Gasteiger partial charge on any atom is -0.473 e. The van der Waals surface area contributed by atoms with Gasteiger partial charge in [0.25, 0.3) is 0 Å². The summed E-state index contributed by atoms with van der Waals surface area (Å²) >= 11 is 5.82. The molecule has 0 radical (unpaired) electrons. The van der Waals surface area contributed by atoms with Crippen LogP contribution in [0.3, 0.4) is 0 Å². The van der Waals surface area contributed by atoms with Crippen molar-refractivity contribution in [2.24, 2.45) is 4.99 Å². The second kappa shape index (κ2) is 11.4. The number of aryl methyl sites for hydroxylation is 1. The second-order valence-corrected chi connectivity index (χ2v) is 9.08. The number of aliphatic imine (C=N–C) groups is 1. The van der Waals surface area contributed by atoms with E-state index >= 15 is 0 Å². The van der Waals surface area contributed by atoms with Gasteiger partial charge in [-0.3, -0.25) is 4.99 Å². The maximum absolute atomic E-state index is 14.0. The van der Waals surface area contributed by atoms with E-state index in [0.29, 0.717) is 22.4 Å². The average Bonchev–Trinajstić information content (AvgIpc) is 2.85. The lowest BCUT2D eigenvalue weighted by Crippen LogP contribution is -2.36. The molecule has 0 unspecified atom stereocenters. The molecule has 1 fully saturated rings. The molecule has 1 aliphatic rings. The molecule has 2 heterocycles. The highest BCUT2D eigenvalue weighted by atomic mass is 35.5. The molecule has 178 valence electrons. The molecule has 0 bridgehead atoms. The maximum atomic E-state index is 14.0. The van der Waals surface area contributed by atoms with Crippen molar-refractivity contribution in [3.05, 3.63) is 82.3 Å². The Morgan fingerprint density at radius 2 is 2.00 bits per heavy atom. The summed E-state index contributed by atoms with van der Waals surface area (Å²) in [5.74, 6) is 0.543. The molecular formula is C27H30ClFN4O. The molecule has 1 saturated heterocycles. The summed E-state index contributed by atoms with van der Waals surface area (Å²) in [7, 11) is 0. The zero-order valence-corrected chi connectivity index (χ0v) is 20.2. The normalized spacial score (nSPS) is 14.7. The van der Waals surface area contributed by atoms with E-state index in [0.717, 1.165) is 56.1 Å². The number of nitrogens with zero attached hydrogens (tertiary/aromatic N) is 3. The fraction of sp³-hybridized carbons (Fsp3) is 0.333. The summed E-state index contributed by atoms with van der Waals surface area (Å²) in [5, 5.41) is 3.86. The summed E-state index contributed by atoms with van der Waals surface area (Å²) in [5.41, 5.74) is 4.59. The molecule has 3 aromatic rings. The number of benzene rings is 2. The van der Waals surface area contributed by atoms with Gasteiger partial charge in [0.15, 0.2) is 0 Å². The fourth-order valence-corrected chi connectivity index (χ4v) is 4.41. The Bertz CT molecular complexity index is 1130. The van der Waals surface area contributed by atoms with Gasteiger partial charge in [0.05, 0.1) is 11.4 Å². The van der Waals surface area contributed by atoms with Crippen molar-refractivity contribution in [2.45, 2.75) is 32.3 Å². The minimum absolute atomic E-state index is 0.120. The summed E-state index contributed by atoms with van der Waals surface area (Å²) in [6, 6.07) is 16.6. The Morgan fingerprint density at radius 1 is 1.18 bits per heavy atom. The lowest BCUT2D eigenvalue weighted by atomic mass is 9.93. The van der Waals surface area contributed by atoms with Crippen molar-refractivity contribution in [2.75, 3.05) is 31.5 Å². The van der Waals surface area contributed by atoms with Crippen LogP contribution in [0.5, 0.6) is 5.88 Å². The number of halogens is 2. The topological polar surface area (TPSA) is 49.8 Å². The summed E-state index contributed by atoms with van der Waals surface area (Å²) in [6.45, 7) is 9.72. The molecule has 34 heavy (non-hydrogen) atoms. The van der Waals surface area contributed by atoms with E-state index in [4.69, 9.17) is 21.3 Å². The number of pyridine rings is 1. The standard InChI is InChI=1S/C27H30ClFN4O/c1-19-6-9-25(26(16-19)30-2)31-12-15-33-13-10-20(11-14-33)24-4-3-5-27(32-24)34-18-21-7-8-22(28)17-23(21)29/h3-9,16-17,20,31H,2,10-15,18H2,1H3. The molecule has 0 amide bonds. The van der Waals surface area contributed by atoms with Gasteiger partial charge in [0.2, 0.25) is 5.88 Å². The lowest BCUT2D eigenvalue weighted by Gasteiger charge is -2.31. The van der Waals surface area contributed by atoms with Crippen LogP contribution in [0, 0.1) is 12.7 Å². The first-order valence-electron chi connectivity index (χ1n) is 11.6. The molecule has 4 rings (SSSR count). The van der Waals surface area contributed by atoms with Gasteiger partial charge in [-0.2, -0.15) is 0 Å². The largest absolute Gasteiger partial charge is 0.473 e. The highest BCUT2D eigenvalue weighted by Crippen LogP contribution is 2.29. The maximum Gasteiger partial charge on any atom is 0.213 e. The first-order chi connectivity index (χ1) is 16.5.